The molecule has 3 rings (SSSR count). The number of imidazole rings is 1. The van der Waals surface area contributed by atoms with Gasteiger partial charge in [0, 0.05) is 6.04 Å². The van der Waals surface area contributed by atoms with Crippen molar-refractivity contribution in [3.05, 3.63) is 24.3 Å². The first-order valence-electron chi connectivity index (χ1n) is 8.14. The minimum atomic E-state index is -1.19. The van der Waals surface area contributed by atoms with E-state index in [4.69, 9.17) is 4.74 Å². The predicted octanol–water partition coefficient (Wildman–Crippen LogP) is 0.204. The molecule has 1 fully saturated rings. The van der Waals surface area contributed by atoms with E-state index in [0.29, 0.717) is 17.0 Å². The van der Waals surface area contributed by atoms with Crippen molar-refractivity contribution in [2.75, 3.05) is 11.9 Å². The molecule has 0 saturated carbocycles. The molecule has 1 aliphatic heterocycles. The van der Waals surface area contributed by atoms with Crippen LogP contribution in [0, 0.1) is 0 Å². The Morgan fingerprint density at radius 1 is 1.32 bits per heavy atom. The smallest absolute Gasteiger partial charge is 0.167 e. The van der Waals surface area contributed by atoms with Crippen LogP contribution in [-0.2, 0) is 4.74 Å². The molecule has 4 N–H and O–H groups in total. The summed E-state index contributed by atoms with van der Waals surface area (Å²) >= 11 is 0. The van der Waals surface area contributed by atoms with Crippen molar-refractivity contribution in [1.82, 2.24) is 19.5 Å². The molecule has 5 atom stereocenters. The highest BCUT2D eigenvalue weighted by atomic mass is 16.6. The summed E-state index contributed by atoms with van der Waals surface area (Å²) in [5, 5.41) is 32.6. The zero-order chi connectivity index (χ0) is 18.1. The first-order valence-corrected chi connectivity index (χ1v) is 8.14. The normalized spacial score (nSPS) is 27.4. The van der Waals surface area contributed by atoms with Crippen molar-refractivity contribution in [2.24, 2.45) is 0 Å². The van der Waals surface area contributed by atoms with E-state index in [1.807, 2.05) is 20.8 Å². The maximum atomic E-state index is 10.2. The Balaban J connectivity index is 1.93. The van der Waals surface area contributed by atoms with Crippen LogP contribution in [0.5, 0.6) is 0 Å². The van der Waals surface area contributed by atoms with Gasteiger partial charge in [0.15, 0.2) is 23.2 Å². The molecule has 0 aromatic carbocycles. The molecule has 0 bridgehead atoms. The molecule has 0 amide bonds. The fraction of sp³-hybridized carbons (Fsp3) is 0.562. The summed E-state index contributed by atoms with van der Waals surface area (Å²) in [5.74, 6) is 0.570. The van der Waals surface area contributed by atoms with Crippen molar-refractivity contribution >= 4 is 17.0 Å². The zero-order valence-electron chi connectivity index (χ0n) is 14.4. The number of ether oxygens (including phenoxy) is 1. The molecule has 1 saturated heterocycles. The number of aromatic nitrogens is 4. The molecular formula is C16H23N5O4. The average molecular weight is 349 g/mol. The SMILES string of the molecule is CC(C)=C[C@@H](C)Nc1ncnc2c1ncn2[C@@H]1O[C@H](CO)[C@@H](O)[C@H]1O. The molecule has 2 aromatic rings. The van der Waals surface area contributed by atoms with Gasteiger partial charge < -0.3 is 25.4 Å². The van der Waals surface area contributed by atoms with E-state index in [9.17, 15) is 15.3 Å². The fourth-order valence-corrected chi connectivity index (χ4v) is 3.01. The van der Waals surface area contributed by atoms with Crippen molar-refractivity contribution in [3.8, 4) is 0 Å². The monoisotopic (exact) mass is 349 g/mol. The van der Waals surface area contributed by atoms with Crippen LogP contribution in [0.25, 0.3) is 11.2 Å². The Bertz CT molecular complexity index is 773. The highest BCUT2D eigenvalue weighted by Crippen LogP contribution is 2.32. The lowest BCUT2D eigenvalue weighted by Crippen LogP contribution is -2.33. The number of fused-ring (bicyclic) bond motifs is 1. The van der Waals surface area contributed by atoms with Gasteiger partial charge in [0.2, 0.25) is 0 Å². The van der Waals surface area contributed by atoms with E-state index in [-0.39, 0.29) is 12.6 Å². The number of aliphatic hydroxyl groups excluding tert-OH is 3. The van der Waals surface area contributed by atoms with Crippen molar-refractivity contribution in [3.63, 3.8) is 0 Å². The third-order valence-corrected chi connectivity index (χ3v) is 4.10. The van der Waals surface area contributed by atoms with Gasteiger partial charge in [-0.25, -0.2) is 15.0 Å². The van der Waals surface area contributed by atoms with E-state index in [2.05, 4.69) is 26.3 Å². The molecular weight excluding hydrogens is 326 g/mol. The molecule has 0 spiro atoms. The second kappa shape index (κ2) is 7.04. The van der Waals surface area contributed by atoms with Gasteiger partial charge in [0.25, 0.3) is 0 Å². The highest BCUT2D eigenvalue weighted by Gasteiger charge is 2.44. The maximum Gasteiger partial charge on any atom is 0.167 e. The van der Waals surface area contributed by atoms with E-state index >= 15 is 0 Å². The Morgan fingerprint density at radius 3 is 2.72 bits per heavy atom. The average Bonchev–Trinajstić information content (AvgIpc) is 3.10. The molecule has 9 nitrogen and oxygen atoms in total. The van der Waals surface area contributed by atoms with Gasteiger partial charge in [-0.3, -0.25) is 4.57 Å². The molecule has 0 radical (unpaired) electrons. The lowest BCUT2D eigenvalue weighted by Gasteiger charge is -2.16. The summed E-state index contributed by atoms with van der Waals surface area (Å²) in [4.78, 5) is 12.8. The molecule has 3 heterocycles. The molecule has 2 aromatic heterocycles. The molecule has 0 aliphatic carbocycles. The number of hydrogen-bond donors (Lipinski definition) is 4. The number of rotatable bonds is 5. The van der Waals surface area contributed by atoms with Gasteiger partial charge in [-0.2, -0.15) is 0 Å². The summed E-state index contributed by atoms with van der Waals surface area (Å²) in [5.41, 5.74) is 2.19. The largest absolute Gasteiger partial charge is 0.394 e. The zero-order valence-corrected chi connectivity index (χ0v) is 14.4. The highest BCUT2D eigenvalue weighted by molar-refractivity contribution is 5.82. The van der Waals surface area contributed by atoms with Crippen LogP contribution in [0.1, 0.15) is 27.0 Å². The van der Waals surface area contributed by atoms with Gasteiger partial charge in [-0.15, -0.1) is 0 Å². The number of hydrogen-bond acceptors (Lipinski definition) is 8. The number of allylic oxidation sites excluding steroid dienone is 1. The Kier molecular flexibility index (Phi) is 5.00. The second-order valence-electron chi connectivity index (χ2n) is 6.45. The maximum absolute atomic E-state index is 10.2. The quantitative estimate of drug-likeness (QED) is 0.564. The van der Waals surface area contributed by atoms with Gasteiger partial charge in [-0.1, -0.05) is 11.6 Å². The van der Waals surface area contributed by atoms with Gasteiger partial charge in [-0.05, 0) is 20.8 Å². The number of nitrogens with zero attached hydrogens (tertiary/aromatic N) is 4. The molecule has 136 valence electrons. The Labute approximate surface area is 145 Å². The molecule has 1 aliphatic rings. The predicted molar refractivity (Wildman–Crippen MR) is 90.8 cm³/mol. The van der Waals surface area contributed by atoms with E-state index < -0.39 is 24.5 Å². The Morgan fingerprint density at radius 2 is 2.08 bits per heavy atom. The number of aliphatic hydroxyl groups is 3. The molecule has 9 heteroatoms. The molecule has 0 unspecified atom stereocenters. The minimum absolute atomic E-state index is 0.0576. The summed E-state index contributed by atoms with van der Waals surface area (Å²) in [6, 6.07) is 0.0576. The van der Waals surface area contributed by atoms with Crippen LogP contribution < -0.4 is 5.32 Å². The van der Waals surface area contributed by atoms with Crippen LogP contribution >= 0.6 is 0 Å². The topological polar surface area (TPSA) is 126 Å². The van der Waals surface area contributed by atoms with Crippen molar-refractivity contribution < 1.29 is 20.1 Å². The summed E-state index contributed by atoms with van der Waals surface area (Å²) in [6.07, 6.45) is 0.854. The third kappa shape index (κ3) is 3.36. The lowest BCUT2D eigenvalue weighted by atomic mass is 10.1. The van der Waals surface area contributed by atoms with Crippen LogP contribution in [0.3, 0.4) is 0 Å². The standard InChI is InChI=1S/C16H23N5O4/c1-8(2)4-9(3)20-14-11-15(18-6-17-14)21(7-19-11)16-13(24)12(23)10(5-22)25-16/h4,6-7,9-10,12-13,16,22-24H,5H2,1-3H3,(H,17,18,20)/t9-,10-,12-,13-,16-/m1/s1. The minimum Gasteiger partial charge on any atom is -0.394 e. The van der Waals surface area contributed by atoms with Gasteiger partial charge >= 0.3 is 0 Å². The number of anilines is 1. The van der Waals surface area contributed by atoms with E-state index in [1.54, 1.807) is 0 Å². The van der Waals surface area contributed by atoms with Crippen LogP contribution in [-0.4, -0.2) is 65.8 Å². The van der Waals surface area contributed by atoms with Gasteiger partial charge in [0.1, 0.15) is 24.6 Å². The van der Waals surface area contributed by atoms with Crippen molar-refractivity contribution in [2.45, 2.75) is 51.4 Å². The Hall–Kier alpha value is -2.07. The summed E-state index contributed by atoms with van der Waals surface area (Å²) in [6.45, 7) is 5.65. The van der Waals surface area contributed by atoms with Gasteiger partial charge in [0.05, 0.1) is 12.9 Å². The lowest BCUT2D eigenvalue weighted by molar-refractivity contribution is -0.0511. The first kappa shape index (κ1) is 17.7. The van der Waals surface area contributed by atoms with E-state index in [0.717, 1.165) is 0 Å². The third-order valence-electron chi connectivity index (χ3n) is 4.10. The van der Waals surface area contributed by atoms with Crippen LogP contribution in [0.15, 0.2) is 24.3 Å². The van der Waals surface area contributed by atoms with Crippen LogP contribution in [0.2, 0.25) is 0 Å². The first-order chi connectivity index (χ1) is 11.9. The fourth-order valence-electron chi connectivity index (χ4n) is 3.01. The molecule has 25 heavy (non-hydrogen) atoms. The second-order valence-corrected chi connectivity index (χ2v) is 6.45. The number of nitrogens with one attached hydrogen (secondary N) is 1. The van der Waals surface area contributed by atoms with Crippen molar-refractivity contribution in [1.29, 1.82) is 0 Å². The van der Waals surface area contributed by atoms with E-state index in [1.165, 1.54) is 22.8 Å². The van der Waals surface area contributed by atoms with Crippen LogP contribution in [0.4, 0.5) is 5.82 Å². The summed E-state index contributed by atoms with van der Waals surface area (Å²) < 4.78 is 7.08. The summed E-state index contributed by atoms with van der Waals surface area (Å²) in [7, 11) is 0.